The van der Waals surface area contributed by atoms with Gasteiger partial charge in [0.2, 0.25) is 0 Å². The van der Waals surface area contributed by atoms with Crippen molar-refractivity contribution in [2.45, 2.75) is 51.6 Å². The van der Waals surface area contributed by atoms with E-state index >= 15 is 0 Å². The fourth-order valence-corrected chi connectivity index (χ4v) is 4.12. The molecule has 1 aliphatic rings. The first kappa shape index (κ1) is 19.4. The molecule has 0 bridgehead atoms. The first-order chi connectivity index (χ1) is 14.0. The minimum absolute atomic E-state index is 0.143. The molecule has 0 radical (unpaired) electrons. The van der Waals surface area contributed by atoms with Crippen LogP contribution in [0.1, 0.15) is 59.4 Å². The highest BCUT2D eigenvalue weighted by Gasteiger charge is 2.28. The molecule has 2 heterocycles. The van der Waals surface area contributed by atoms with Crippen molar-refractivity contribution in [1.82, 2.24) is 14.9 Å². The Kier molecular flexibility index (Phi) is 5.51. The second-order valence-corrected chi connectivity index (χ2v) is 7.58. The number of aryl methyl sites for hydroxylation is 1. The van der Waals surface area contributed by atoms with Gasteiger partial charge in [0.15, 0.2) is 0 Å². The average Bonchev–Trinajstić information content (AvgIpc) is 3.26. The molecular formula is C23H23F2N3O. The third-order valence-electron chi connectivity index (χ3n) is 5.55. The molecule has 0 N–H and O–H groups in total. The number of rotatable bonds is 5. The quantitative estimate of drug-likeness (QED) is 0.576. The summed E-state index contributed by atoms with van der Waals surface area (Å²) in [5.74, 6) is -0.163. The van der Waals surface area contributed by atoms with Crippen molar-refractivity contribution in [3.8, 4) is 0 Å². The van der Waals surface area contributed by atoms with Gasteiger partial charge in [-0.1, -0.05) is 31.0 Å². The Morgan fingerprint density at radius 3 is 2.62 bits per heavy atom. The summed E-state index contributed by atoms with van der Waals surface area (Å²) in [6.45, 7) is 2.41. The lowest BCUT2D eigenvalue weighted by Gasteiger charge is -2.30. The van der Waals surface area contributed by atoms with Crippen LogP contribution in [0.15, 0.2) is 48.7 Å². The molecule has 150 valence electrons. The van der Waals surface area contributed by atoms with E-state index in [9.17, 15) is 13.6 Å². The molecule has 0 saturated heterocycles. The molecule has 1 fully saturated rings. The summed E-state index contributed by atoms with van der Waals surface area (Å²) in [5, 5.41) is 1.03. The lowest BCUT2D eigenvalue weighted by atomic mass is 10.0. The van der Waals surface area contributed by atoms with Gasteiger partial charge in [0, 0.05) is 29.9 Å². The molecule has 4 rings (SSSR count). The van der Waals surface area contributed by atoms with Gasteiger partial charge in [-0.3, -0.25) is 14.8 Å². The van der Waals surface area contributed by atoms with E-state index in [1.165, 1.54) is 18.3 Å². The normalized spacial score (nSPS) is 14.6. The maximum Gasteiger partial charge on any atom is 0.280 e. The van der Waals surface area contributed by atoms with Crippen LogP contribution in [-0.2, 0) is 6.54 Å². The Morgan fingerprint density at radius 1 is 1.17 bits per heavy atom. The van der Waals surface area contributed by atoms with E-state index < -0.39 is 6.43 Å². The zero-order valence-electron chi connectivity index (χ0n) is 16.3. The molecule has 0 atom stereocenters. The topological polar surface area (TPSA) is 46.1 Å². The van der Waals surface area contributed by atoms with Crippen molar-refractivity contribution >= 4 is 16.8 Å². The van der Waals surface area contributed by atoms with Crippen LogP contribution in [0.25, 0.3) is 10.9 Å². The molecule has 4 nitrogen and oxygen atoms in total. The van der Waals surface area contributed by atoms with Gasteiger partial charge in [-0.15, -0.1) is 0 Å². The van der Waals surface area contributed by atoms with Crippen LogP contribution < -0.4 is 0 Å². The molecule has 0 unspecified atom stereocenters. The molecule has 2 aromatic heterocycles. The van der Waals surface area contributed by atoms with Crippen LogP contribution in [0.2, 0.25) is 0 Å². The highest BCUT2D eigenvalue weighted by Crippen LogP contribution is 2.29. The summed E-state index contributed by atoms with van der Waals surface area (Å²) in [5.41, 5.74) is 2.89. The van der Waals surface area contributed by atoms with Crippen molar-refractivity contribution in [2.75, 3.05) is 0 Å². The number of benzene rings is 1. The van der Waals surface area contributed by atoms with E-state index in [2.05, 4.69) is 9.97 Å². The smallest absolute Gasteiger partial charge is 0.280 e. The molecule has 6 heteroatoms. The van der Waals surface area contributed by atoms with Crippen LogP contribution in [-0.4, -0.2) is 26.8 Å². The maximum atomic E-state index is 13.3. The number of pyridine rings is 2. The number of alkyl halides is 2. The summed E-state index contributed by atoms with van der Waals surface area (Å²) in [6, 6.07) is 12.8. The van der Waals surface area contributed by atoms with Gasteiger partial charge in [-0.2, -0.15) is 0 Å². The predicted molar refractivity (Wildman–Crippen MR) is 108 cm³/mol. The van der Waals surface area contributed by atoms with Gasteiger partial charge >= 0.3 is 0 Å². The van der Waals surface area contributed by atoms with Crippen molar-refractivity contribution in [1.29, 1.82) is 0 Å². The number of halogens is 2. The van der Waals surface area contributed by atoms with Gasteiger partial charge in [0.1, 0.15) is 5.69 Å². The first-order valence-corrected chi connectivity index (χ1v) is 9.93. The largest absolute Gasteiger partial charge is 0.331 e. The van der Waals surface area contributed by atoms with E-state index in [-0.39, 0.29) is 17.6 Å². The SMILES string of the molecule is Cc1cc(CN(C(=O)c2ccc(C(F)F)nc2)C2CCCC2)c2ccccc2n1. The summed E-state index contributed by atoms with van der Waals surface area (Å²) in [6.07, 6.45) is 2.71. The summed E-state index contributed by atoms with van der Waals surface area (Å²) in [7, 11) is 0. The molecule has 0 aliphatic heterocycles. The number of hydrogen-bond acceptors (Lipinski definition) is 3. The monoisotopic (exact) mass is 395 g/mol. The Morgan fingerprint density at radius 2 is 1.93 bits per heavy atom. The second-order valence-electron chi connectivity index (χ2n) is 7.58. The Balaban J connectivity index is 1.69. The van der Waals surface area contributed by atoms with Gasteiger partial charge in [0.05, 0.1) is 11.1 Å². The number of nitrogens with zero attached hydrogens (tertiary/aromatic N) is 3. The molecule has 29 heavy (non-hydrogen) atoms. The van der Waals surface area contributed by atoms with Gasteiger partial charge in [0.25, 0.3) is 12.3 Å². The molecule has 1 aromatic carbocycles. The van der Waals surface area contributed by atoms with Crippen LogP contribution in [0.5, 0.6) is 0 Å². The molecule has 1 amide bonds. The minimum Gasteiger partial charge on any atom is -0.331 e. The fraction of sp³-hybridized carbons (Fsp3) is 0.348. The number of aromatic nitrogens is 2. The number of hydrogen-bond donors (Lipinski definition) is 0. The summed E-state index contributed by atoms with van der Waals surface area (Å²) in [4.78, 5) is 23.6. The fourth-order valence-electron chi connectivity index (χ4n) is 4.12. The Labute approximate surface area is 168 Å². The Bertz CT molecular complexity index is 1010. The van der Waals surface area contributed by atoms with Crippen molar-refractivity contribution in [2.24, 2.45) is 0 Å². The first-order valence-electron chi connectivity index (χ1n) is 9.93. The van der Waals surface area contributed by atoms with Crippen molar-refractivity contribution < 1.29 is 13.6 Å². The standard InChI is InChI=1S/C23H23F2N3O/c1-15-12-17(19-8-4-5-9-20(19)27-15)14-28(18-6-2-3-7-18)23(29)16-10-11-21(22(24)25)26-13-16/h4-5,8-13,18,22H,2-3,6-7,14H2,1H3. The average molecular weight is 395 g/mol. The third-order valence-corrected chi connectivity index (χ3v) is 5.55. The second kappa shape index (κ2) is 8.23. The van der Waals surface area contributed by atoms with Crippen molar-refractivity contribution in [3.63, 3.8) is 0 Å². The number of carbonyl (C=O) groups is 1. The lowest BCUT2D eigenvalue weighted by Crippen LogP contribution is -2.38. The zero-order valence-corrected chi connectivity index (χ0v) is 16.3. The van der Waals surface area contributed by atoms with Gasteiger partial charge in [-0.05, 0) is 49.6 Å². The van der Waals surface area contributed by atoms with Crippen LogP contribution >= 0.6 is 0 Å². The number of carbonyl (C=O) groups excluding carboxylic acids is 1. The zero-order chi connectivity index (χ0) is 20.4. The predicted octanol–water partition coefficient (Wildman–Crippen LogP) is 5.46. The molecule has 1 aliphatic carbocycles. The van der Waals surface area contributed by atoms with Gasteiger partial charge in [-0.25, -0.2) is 8.78 Å². The lowest BCUT2D eigenvalue weighted by molar-refractivity contribution is 0.0664. The molecule has 1 saturated carbocycles. The van der Waals surface area contributed by atoms with Crippen LogP contribution in [0.3, 0.4) is 0 Å². The van der Waals surface area contributed by atoms with E-state index in [1.54, 1.807) is 0 Å². The molecular weight excluding hydrogens is 372 g/mol. The number of fused-ring (bicyclic) bond motifs is 1. The van der Waals surface area contributed by atoms with E-state index in [1.807, 2.05) is 42.2 Å². The molecule has 0 spiro atoms. The summed E-state index contributed by atoms with van der Waals surface area (Å²) >= 11 is 0. The van der Waals surface area contributed by atoms with Crippen LogP contribution in [0.4, 0.5) is 8.78 Å². The Hall–Kier alpha value is -2.89. The van der Waals surface area contributed by atoms with Crippen LogP contribution in [0, 0.1) is 6.92 Å². The highest BCUT2D eigenvalue weighted by atomic mass is 19.3. The number of para-hydroxylation sites is 1. The van der Waals surface area contributed by atoms with E-state index in [4.69, 9.17) is 0 Å². The maximum absolute atomic E-state index is 13.3. The molecule has 3 aromatic rings. The number of amides is 1. The van der Waals surface area contributed by atoms with Gasteiger partial charge < -0.3 is 4.90 Å². The third kappa shape index (κ3) is 4.11. The summed E-state index contributed by atoms with van der Waals surface area (Å²) < 4.78 is 25.6. The highest BCUT2D eigenvalue weighted by molar-refractivity contribution is 5.94. The van der Waals surface area contributed by atoms with E-state index in [0.717, 1.165) is 47.8 Å². The minimum atomic E-state index is -2.64. The van der Waals surface area contributed by atoms with E-state index in [0.29, 0.717) is 12.1 Å². The van der Waals surface area contributed by atoms with Crippen molar-refractivity contribution in [3.05, 3.63) is 71.2 Å².